The number of aryl methyl sites for hydroxylation is 2. The maximum atomic E-state index is 14.0. The number of methoxy groups -OCH3 is 1. The van der Waals surface area contributed by atoms with Gasteiger partial charge in [-0.1, -0.05) is 53.0 Å². The van der Waals surface area contributed by atoms with Crippen LogP contribution in [0, 0.1) is 13.8 Å². The predicted octanol–water partition coefficient (Wildman–Crippen LogP) is 5.37. The zero-order valence-corrected chi connectivity index (χ0v) is 25.4. The highest BCUT2D eigenvalue weighted by Crippen LogP contribution is 2.34. The molecule has 1 atom stereocenters. The third kappa shape index (κ3) is 7.27. The molecule has 2 amide bonds. The average molecular weight is 607 g/mol. The topological polar surface area (TPSA) is 96.0 Å². The molecule has 3 aromatic rings. The number of sulfonamides is 1. The average Bonchev–Trinajstić information content (AvgIpc) is 2.91. The second-order valence-electron chi connectivity index (χ2n) is 9.33. The third-order valence-electron chi connectivity index (χ3n) is 6.37. The smallest absolute Gasteiger partial charge is 0.264 e. The van der Waals surface area contributed by atoms with Crippen molar-refractivity contribution in [3.05, 3.63) is 87.4 Å². The maximum Gasteiger partial charge on any atom is 0.264 e. The van der Waals surface area contributed by atoms with Gasteiger partial charge < -0.3 is 15.0 Å². The minimum absolute atomic E-state index is 0.0125. The van der Waals surface area contributed by atoms with Gasteiger partial charge in [0.2, 0.25) is 11.8 Å². The van der Waals surface area contributed by atoms with Crippen molar-refractivity contribution in [2.75, 3.05) is 24.5 Å². The standard InChI is InChI=1S/C29H33Cl2N3O5S/c1-6-32-29(36)21(4)33(17-22-10-11-23(30)16-25(22)31)28(35)18-34(26-15-20(3)9-14-27(26)39-5)40(37,38)24-12-7-19(2)8-13-24/h7-16,21H,6,17-18H2,1-5H3,(H,32,36)/t21-/m0/s1. The number of hydrogen-bond acceptors (Lipinski definition) is 5. The lowest BCUT2D eigenvalue weighted by molar-refractivity contribution is -0.139. The van der Waals surface area contributed by atoms with Crippen LogP contribution >= 0.6 is 23.2 Å². The number of nitrogens with one attached hydrogen (secondary N) is 1. The molecule has 0 aliphatic heterocycles. The Labute approximate surface area is 245 Å². The van der Waals surface area contributed by atoms with Crippen LogP contribution in [0.25, 0.3) is 0 Å². The zero-order chi connectivity index (χ0) is 29.6. The molecule has 0 aliphatic rings. The lowest BCUT2D eigenvalue weighted by Gasteiger charge is -2.32. The van der Waals surface area contributed by atoms with Crippen molar-refractivity contribution in [3.8, 4) is 5.75 Å². The van der Waals surface area contributed by atoms with E-state index in [0.717, 1.165) is 15.4 Å². The van der Waals surface area contributed by atoms with Crippen LogP contribution in [0.15, 0.2) is 65.6 Å². The molecule has 3 aromatic carbocycles. The Hall–Kier alpha value is -3.27. The van der Waals surface area contributed by atoms with Gasteiger partial charge in [-0.25, -0.2) is 8.42 Å². The number of hydrogen-bond donors (Lipinski definition) is 1. The summed E-state index contributed by atoms with van der Waals surface area (Å²) in [6.45, 7) is 6.74. The molecule has 0 radical (unpaired) electrons. The van der Waals surface area contributed by atoms with E-state index in [9.17, 15) is 18.0 Å². The molecule has 3 rings (SSSR count). The van der Waals surface area contributed by atoms with Crippen LogP contribution in [0.5, 0.6) is 5.75 Å². The monoisotopic (exact) mass is 605 g/mol. The summed E-state index contributed by atoms with van der Waals surface area (Å²) < 4.78 is 34.6. The largest absolute Gasteiger partial charge is 0.495 e. The fourth-order valence-electron chi connectivity index (χ4n) is 4.08. The van der Waals surface area contributed by atoms with Crippen LogP contribution in [-0.4, -0.2) is 51.4 Å². The van der Waals surface area contributed by atoms with Gasteiger partial charge in [-0.3, -0.25) is 13.9 Å². The van der Waals surface area contributed by atoms with Gasteiger partial charge in [0.15, 0.2) is 0 Å². The van der Waals surface area contributed by atoms with Crippen molar-refractivity contribution in [1.82, 2.24) is 10.2 Å². The first kappa shape index (κ1) is 31.3. The molecule has 11 heteroatoms. The molecule has 214 valence electrons. The highest BCUT2D eigenvalue weighted by atomic mass is 35.5. The Kier molecular flexibility index (Phi) is 10.5. The minimum atomic E-state index is -4.23. The Morgan fingerprint density at radius 3 is 2.23 bits per heavy atom. The van der Waals surface area contributed by atoms with Crippen molar-refractivity contribution in [1.29, 1.82) is 0 Å². The summed E-state index contributed by atoms with van der Waals surface area (Å²) >= 11 is 12.5. The normalized spacial score (nSPS) is 12.0. The number of carbonyl (C=O) groups is 2. The van der Waals surface area contributed by atoms with Gasteiger partial charge in [-0.15, -0.1) is 0 Å². The molecule has 0 aliphatic carbocycles. The number of amides is 2. The molecule has 0 heterocycles. The summed E-state index contributed by atoms with van der Waals surface area (Å²) in [5.41, 5.74) is 2.41. The number of ether oxygens (including phenoxy) is 1. The summed E-state index contributed by atoms with van der Waals surface area (Å²) in [6.07, 6.45) is 0. The summed E-state index contributed by atoms with van der Waals surface area (Å²) in [7, 11) is -2.80. The van der Waals surface area contributed by atoms with Crippen molar-refractivity contribution in [3.63, 3.8) is 0 Å². The number of carbonyl (C=O) groups excluding carboxylic acids is 2. The van der Waals surface area contributed by atoms with Gasteiger partial charge in [-0.05, 0) is 75.2 Å². The molecule has 0 saturated heterocycles. The second kappa shape index (κ2) is 13.4. The van der Waals surface area contributed by atoms with E-state index in [0.29, 0.717) is 22.2 Å². The third-order valence-corrected chi connectivity index (χ3v) is 8.73. The van der Waals surface area contributed by atoms with Gasteiger partial charge in [0.25, 0.3) is 10.0 Å². The Morgan fingerprint density at radius 1 is 0.975 bits per heavy atom. The number of halogens is 2. The summed E-state index contributed by atoms with van der Waals surface area (Å²) in [5.74, 6) is -0.718. The summed E-state index contributed by atoms with van der Waals surface area (Å²) in [4.78, 5) is 28.2. The van der Waals surface area contributed by atoms with Crippen molar-refractivity contribution in [2.24, 2.45) is 0 Å². The van der Waals surface area contributed by atoms with Crippen LogP contribution in [-0.2, 0) is 26.2 Å². The number of benzene rings is 3. The van der Waals surface area contributed by atoms with Crippen LogP contribution in [0.4, 0.5) is 5.69 Å². The Bertz CT molecular complexity index is 1480. The van der Waals surface area contributed by atoms with Crippen LogP contribution in [0.2, 0.25) is 10.0 Å². The molecule has 40 heavy (non-hydrogen) atoms. The summed E-state index contributed by atoms with van der Waals surface area (Å²) in [5, 5.41) is 3.46. The van der Waals surface area contributed by atoms with E-state index < -0.39 is 28.5 Å². The first-order chi connectivity index (χ1) is 18.9. The van der Waals surface area contributed by atoms with E-state index in [1.165, 1.54) is 24.1 Å². The van der Waals surface area contributed by atoms with E-state index in [4.69, 9.17) is 27.9 Å². The van der Waals surface area contributed by atoms with E-state index in [-0.39, 0.29) is 28.8 Å². The second-order valence-corrected chi connectivity index (χ2v) is 12.0. The Morgan fingerprint density at radius 2 is 1.62 bits per heavy atom. The van der Waals surface area contributed by atoms with Crippen molar-refractivity contribution < 1.29 is 22.7 Å². The van der Waals surface area contributed by atoms with Gasteiger partial charge in [0.1, 0.15) is 18.3 Å². The van der Waals surface area contributed by atoms with E-state index in [1.54, 1.807) is 62.4 Å². The molecule has 0 spiro atoms. The fraction of sp³-hybridized carbons (Fsp3) is 0.310. The number of anilines is 1. The van der Waals surface area contributed by atoms with Crippen molar-refractivity contribution in [2.45, 2.75) is 45.2 Å². The maximum absolute atomic E-state index is 14.0. The summed E-state index contributed by atoms with van der Waals surface area (Å²) in [6, 6.07) is 15.4. The SMILES string of the molecule is CCNC(=O)[C@H](C)N(Cc1ccc(Cl)cc1Cl)C(=O)CN(c1cc(C)ccc1OC)S(=O)(=O)c1ccc(C)cc1. The number of likely N-dealkylation sites (N-methyl/N-ethyl adjacent to an activating group) is 1. The molecular formula is C29H33Cl2N3O5S. The lowest BCUT2D eigenvalue weighted by Crippen LogP contribution is -2.51. The van der Waals surface area contributed by atoms with Gasteiger partial charge >= 0.3 is 0 Å². The number of rotatable bonds is 11. The van der Waals surface area contributed by atoms with E-state index >= 15 is 0 Å². The molecule has 0 bridgehead atoms. The van der Waals surface area contributed by atoms with Gasteiger partial charge in [0.05, 0.1) is 17.7 Å². The Balaban J connectivity index is 2.12. The first-order valence-corrected chi connectivity index (χ1v) is 14.8. The quantitative estimate of drug-likeness (QED) is 0.317. The molecule has 8 nitrogen and oxygen atoms in total. The van der Waals surface area contributed by atoms with E-state index in [2.05, 4.69) is 5.32 Å². The highest BCUT2D eigenvalue weighted by Gasteiger charge is 2.34. The lowest BCUT2D eigenvalue weighted by atomic mass is 10.1. The molecule has 0 fully saturated rings. The zero-order valence-electron chi connectivity index (χ0n) is 23.1. The van der Waals surface area contributed by atoms with Gasteiger partial charge in [0, 0.05) is 23.1 Å². The minimum Gasteiger partial charge on any atom is -0.495 e. The molecule has 1 N–H and O–H groups in total. The molecule has 0 unspecified atom stereocenters. The van der Waals surface area contributed by atoms with Crippen molar-refractivity contribution >= 4 is 50.7 Å². The molecule has 0 aromatic heterocycles. The highest BCUT2D eigenvalue weighted by molar-refractivity contribution is 7.92. The van der Waals surface area contributed by atoms with Crippen LogP contribution in [0.1, 0.15) is 30.5 Å². The number of nitrogens with zero attached hydrogens (tertiary/aromatic N) is 2. The van der Waals surface area contributed by atoms with Crippen LogP contribution < -0.4 is 14.4 Å². The molecular weight excluding hydrogens is 573 g/mol. The first-order valence-electron chi connectivity index (χ1n) is 12.6. The fourth-order valence-corrected chi connectivity index (χ4v) is 5.97. The van der Waals surface area contributed by atoms with E-state index in [1.807, 2.05) is 13.8 Å². The predicted molar refractivity (Wildman–Crippen MR) is 159 cm³/mol. The molecule has 0 saturated carbocycles. The van der Waals surface area contributed by atoms with Crippen LogP contribution in [0.3, 0.4) is 0 Å². The van der Waals surface area contributed by atoms with Gasteiger partial charge in [-0.2, -0.15) is 0 Å².